The van der Waals surface area contributed by atoms with Crippen LogP contribution in [0.25, 0.3) is 28.2 Å². The molecule has 4 rings (SSSR count). The number of nitrogens with zero attached hydrogens (tertiary/aromatic N) is 2. The lowest BCUT2D eigenvalue weighted by Gasteiger charge is -2.19. The van der Waals surface area contributed by atoms with Crippen molar-refractivity contribution in [3.8, 4) is 28.2 Å². The van der Waals surface area contributed by atoms with E-state index < -0.39 is 17.6 Å². The zero-order chi connectivity index (χ0) is 26.6. The summed E-state index contributed by atoms with van der Waals surface area (Å²) in [5.74, 6) is -0.650. The molecule has 0 atom stereocenters. The van der Waals surface area contributed by atoms with E-state index in [0.717, 1.165) is 19.0 Å². The second kappa shape index (κ2) is 12.3. The lowest BCUT2D eigenvalue weighted by Crippen LogP contribution is -2.27. The summed E-state index contributed by atoms with van der Waals surface area (Å²) in [6, 6.07) is 21.1. The fourth-order valence-electron chi connectivity index (χ4n) is 4.17. The van der Waals surface area contributed by atoms with Gasteiger partial charge in [-0.1, -0.05) is 24.3 Å². The van der Waals surface area contributed by atoms with Crippen LogP contribution in [0.15, 0.2) is 84.9 Å². The first-order valence-corrected chi connectivity index (χ1v) is 11.8. The molecule has 200 valence electrons. The summed E-state index contributed by atoms with van der Waals surface area (Å²) in [6.07, 6.45) is -3.76. The Morgan fingerprint density at radius 3 is 1.95 bits per heavy atom. The highest BCUT2D eigenvalue weighted by atomic mass is 35.5. The lowest BCUT2D eigenvalue weighted by molar-refractivity contribution is -0.137. The molecule has 1 heterocycles. The monoisotopic (exact) mass is 545 g/mol. The second-order valence-corrected chi connectivity index (χ2v) is 8.95. The number of carbonyl (C=O) groups excluding carboxylic acids is 1. The number of rotatable bonds is 8. The van der Waals surface area contributed by atoms with Gasteiger partial charge in [0.15, 0.2) is 0 Å². The quantitative estimate of drug-likeness (QED) is 0.190. The zero-order valence-electron chi connectivity index (χ0n) is 20.9. The zero-order valence-corrected chi connectivity index (χ0v) is 21.7. The number of hydrogen-bond acceptors (Lipinski definition) is 2. The predicted octanol–water partition coefficient (Wildman–Crippen LogP) is 7.07. The highest BCUT2D eigenvalue weighted by Gasteiger charge is 2.34. The average Bonchev–Trinajstić information content (AvgIpc) is 3.31. The first kappa shape index (κ1) is 28.9. The molecule has 1 N–H and O–H groups in total. The van der Waals surface area contributed by atoms with E-state index in [1.807, 2.05) is 19.0 Å². The molecular weight excluding hydrogens is 518 g/mol. The van der Waals surface area contributed by atoms with Crippen molar-refractivity contribution < 1.29 is 22.4 Å². The fraction of sp³-hybridized carbons (Fsp3) is 0.207. The SMILES string of the molecule is CN(C)CCCNC(=O)c1ccc(-c2ccc(-c3ccc(F)cc3)n2-c2ccccc2C(F)(F)F)cc1.Cl. The fourth-order valence-corrected chi connectivity index (χ4v) is 4.17. The highest BCUT2D eigenvalue weighted by Crippen LogP contribution is 2.39. The summed E-state index contributed by atoms with van der Waals surface area (Å²) in [4.78, 5) is 14.5. The Bertz CT molecular complexity index is 1360. The van der Waals surface area contributed by atoms with Crippen LogP contribution in [0.3, 0.4) is 0 Å². The number of alkyl halides is 3. The van der Waals surface area contributed by atoms with E-state index in [1.54, 1.807) is 42.5 Å². The minimum atomic E-state index is -4.58. The van der Waals surface area contributed by atoms with Crippen LogP contribution in [0.1, 0.15) is 22.3 Å². The predicted molar refractivity (Wildman–Crippen MR) is 144 cm³/mol. The van der Waals surface area contributed by atoms with Crippen molar-refractivity contribution in [1.29, 1.82) is 0 Å². The molecule has 9 heteroatoms. The maximum absolute atomic E-state index is 14.0. The normalized spacial score (nSPS) is 11.3. The van der Waals surface area contributed by atoms with Crippen molar-refractivity contribution in [1.82, 2.24) is 14.8 Å². The Hall–Kier alpha value is -3.62. The Kier molecular flexibility index (Phi) is 9.36. The van der Waals surface area contributed by atoms with Gasteiger partial charge in [-0.25, -0.2) is 4.39 Å². The molecule has 0 aliphatic carbocycles. The number of carbonyl (C=O) groups is 1. The van der Waals surface area contributed by atoms with Gasteiger partial charge < -0.3 is 14.8 Å². The highest BCUT2D eigenvalue weighted by molar-refractivity contribution is 5.94. The number of benzene rings is 3. The van der Waals surface area contributed by atoms with Gasteiger partial charge in [-0.2, -0.15) is 13.2 Å². The van der Waals surface area contributed by atoms with Crippen LogP contribution >= 0.6 is 12.4 Å². The minimum absolute atomic E-state index is 0. The molecular formula is C29H28ClF4N3O. The van der Waals surface area contributed by atoms with E-state index in [4.69, 9.17) is 0 Å². The molecule has 0 unspecified atom stereocenters. The largest absolute Gasteiger partial charge is 0.418 e. The van der Waals surface area contributed by atoms with E-state index in [0.29, 0.717) is 34.6 Å². The average molecular weight is 546 g/mol. The summed E-state index contributed by atoms with van der Waals surface area (Å²) < 4.78 is 57.0. The first-order chi connectivity index (χ1) is 17.6. The van der Waals surface area contributed by atoms with E-state index in [-0.39, 0.29) is 24.0 Å². The van der Waals surface area contributed by atoms with Crippen LogP contribution in [0.4, 0.5) is 17.6 Å². The van der Waals surface area contributed by atoms with Crippen LogP contribution < -0.4 is 5.32 Å². The number of halogens is 5. The molecule has 4 nitrogen and oxygen atoms in total. The van der Waals surface area contributed by atoms with Crippen LogP contribution in [-0.4, -0.2) is 42.6 Å². The van der Waals surface area contributed by atoms with E-state index >= 15 is 0 Å². The Morgan fingerprint density at radius 2 is 1.39 bits per heavy atom. The number of amides is 1. The molecule has 4 aromatic rings. The molecule has 0 spiro atoms. The van der Waals surface area contributed by atoms with Gasteiger partial charge >= 0.3 is 6.18 Å². The first-order valence-electron chi connectivity index (χ1n) is 11.8. The molecule has 0 aliphatic heterocycles. The van der Waals surface area contributed by atoms with E-state index in [9.17, 15) is 22.4 Å². The second-order valence-electron chi connectivity index (χ2n) is 8.95. The van der Waals surface area contributed by atoms with Crippen LogP contribution in [-0.2, 0) is 6.18 Å². The molecule has 3 aromatic carbocycles. The van der Waals surface area contributed by atoms with Crippen molar-refractivity contribution in [2.24, 2.45) is 0 Å². The van der Waals surface area contributed by atoms with Gasteiger partial charge in [-0.05, 0) is 98.9 Å². The summed E-state index contributed by atoms with van der Waals surface area (Å²) in [7, 11) is 3.93. The number of hydrogen-bond donors (Lipinski definition) is 1. The van der Waals surface area contributed by atoms with Crippen LogP contribution in [0.2, 0.25) is 0 Å². The number of aromatic nitrogens is 1. The third-order valence-electron chi connectivity index (χ3n) is 5.98. The molecule has 0 saturated carbocycles. The Morgan fingerprint density at radius 1 is 0.842 bits per heavy atom. The maximum Gasteiger partial charge on any atom is 0.418 e. The maximum atomic E-state index is 14.0. The summed E-state index contributed by atoms with van der Waals surface area (Å²) in [5.41, 5.74) is 1.82. The van der Waals surface area contributed by atoms with Gasteiger partial charge in [0.25, 0.3) is 5.91 Å². The van der Waals surface area contributed by atoms with Gasteiger partial charge in [0.1, 0.15) is 5.82 Å². The number of para-hydroxylation sites is 1. The smallest absolute Gasteiger partial charge is 0.352 e. The lowest BCUT2D eigenvalue weighted by atomic mass is 10.1. The van der Waals surface area contributed by atoms with Crippen molar-refractivity contribution in [3.63, 3.8) is 0 Å². The molecule has 0 fully saturated rings. The molecule has 0 saturated heterocycles. The van der Waals surface area contributed by atoms with Gasteiger partial charge in [0.2, 0.25) is 0 Å². The van der Waals surface area contributed by atoms with Gasteiger partial charge in [-0.3, -0.25) is 4.79 Å². The van der Waals surface area contributed by atoms with Crippen molar-refractivity contribution in [2.45, 2.75) is 12.6 Å². The molecule has 1 amide bonds. The Labute approximate surface area is 225 Å². The molecule has 1 aromatic heterocycles. The topological polar surface area (TPSA) is 37.3 Å². The molecule has 38 heavy (non-hydrogen) atoms. The molecule has 0 radical (unpaired) electrons. The van der Waals surface area contributed by atoms with Crippen molar-refractivity contribution >= 4 is 18.3 Å². The van der Waals surface area contributed by atoms with Crippen molar-refractivity contribution in [3.05, 3.63) is 102 Å². The van der Waals surface area contributed by atoms with Crippen molar-refractivity contribution in [2.75, 3.05) is 27.2 Å². The van der Waals surface area contributed by atoms with Crippen LogP contribution in [0.5, 0.6) is 0 Å². The minimum Gasteiger partial charge on any atom is -0.352 e. The third kappa shape index (κ3) is 6.62. The van der Waals surface area contributed by atoms with Gasteiger partial charge in [-0.15, -0.1) is 12.4 Å². The number of nitrogens with one attached hydrogen (secondary N) is 1. The van der Waals surface area contributed by atoms with E-state index in [2.05, 4.69) is 5.32 Å². The summed E-state index contributed by atoms with van der Waals surface area (Å²) in [5, 5.41) is 2.88. The summed E-state index contributed by atoms with van der Waals surface area (Å²) >= 11 is 0. The molecule has 0 aliphatic rings. The standard InChI is InChI=1S/C29H27F4N3O.ClH/c1-35(2)19-5-18-34-28(37)22-10-8-20(9-11-22)25-16-17-26(21-12-14-23(30)15-13-21)36(25)27-7-4-3-6-24(27)29(31,32)33;/h3-4,6-17H,5,18-19H2,1-2H3,(H,34,37);1H. The Balaban J connectivity index is 0.00000400. The molecule has 0 bridgehead atoms. The van der Waals surface area contributed by atoms with Crippen LogP contribution in [0, 0.1) is 5.82 Å². The van der Waals surface area contributed by atoms with Gasteiger partial charge in [0.05, 0.1) is 22.6 Å². The van der Waals surface area contributed by atoms with E-state index in [1.165, 1.54) is 41.0 Å². The third-order valence-corrected chi connectivity index (χ3v) is 5.98. The summed E-state index contributed by atoms with van der Waals surface area (Å²) in [6.45, 7) is 1.39. The van der Waals surface area contributed by atoms with Gasteiger partial charge in [0, 0.05) is 12.1 Å².